The van der Waals surface area contributed by atoms with E-state index in [0.29, 0.717) is 12.3 Å². The van der Waals surface area contributed by atoms with Crippen LogP contribution in [0.4, 0.5) is 0 Å². The molecule has 0 aliphatic heterocycles. The molecule has 2 N–H and O–H groups in total. The van der Waals surface area contributed by atoms with E-state index < -0.39 is 6.10 Å². The highest BCUT2D eigenvalue weighted by molar-refractivity contribution is 5.27. The van der Waals surface area contributed by atoms with Gasteiger partial charge in [0.25, 0.3) is 0 Å². The molecule has 1 aromatic heterocycles. The number of aromatic nitrogens is 2. The molecule has 19 heavy (non-hydrogen) atoms. The largest absolute Gasteiger partial charge is 0.493 e. The number of aliphatic hydroxyl groups excluding tert-OH is 1. The van der Waals surface area contributed by atoms with Crippen molar-refractivity contribution in [3.63, 3.8) is 0 Å². The molecule has 0 fully saturated rings. The summed E-state index contributed by atoms with van der Waals surface area (Å²) < 4.78 is 7.09. The van der Waals surface area contributed by atoms with Crippen LogP contribution in [0.2, 0.25) is 0 Å². The van der Waals surface area contributed by atoms with Gasteiger partial charge in [0.2, 0.25) is 0 Å². The van der Waals surface area contributed by atoms with Crippen LogP contribution < -0.4 is 10.1 Å². The zero-order chi connectivity index (χ0) is 14.3. The van der Waals surface area contributed by atoms with Gasteiger partial charge in [0.15, 0.2) is 5.75 Å². The predicted octanol–water partition coefficient (Wildman–Crippen LogP) is 0.486. The van der Waals surface area contributed by atoms with Crippen molar-refractivity contribution in [3.8, 4) is 5.75 Å². The van der Waals surface area contributed by atoms with Gasteiger partial charge in [0.05, 0.1) is 19.9 Å². The SMILES string of the molecule is CCCNCC(O)c1c(OC)cnn1CCN(C)C. The second-order valence-electron chi connectivity index (χ2n) is 4.84. The summed E-state index contributed by atoms with van der Waals surface area (Å²) in [5.41, 5.74) is 0.743. The molecule has 1 unspecified atom stereocenters. The van der Waals surface area contributed by atoms with E-state index in [1.54, 1.807) is 13.3 Å². The molecule has 0 radical (unpaired) electrons. The number of ether oxygens (including phenoxy) is 1. The molecule has 1 rings (SSSR count). The van der Waals surface area contributed by atoms with Crippen molar-refractivity contribution < 1.29 is 9.84 Å². The Labute approximate surface area is 115 Å². The van der Waals surface area contributed by atoms with Crippen LogP contribution in [0.5, 0.6) is 5.75 Å². The smallest absolute Gasteiger partial charge is 0.162 e. The van der Waals surface area contributed by atoms with Gasteiger partial charge in [-0.15, -0.1) is 0 Å². The van der Waals surface area contributed by atoms with Crippen molar-refractivity contribution in [2.45, 2.75) is 26.0 Å². The second kappa shape index (κ2) is 8.14. The standard InChI is InChI=1S/C13H26N4O2/c1-5-6-14-9-11(18)13-12(19-4)10-15-17(13)8-7-16(2)3/h10-11,14,18H,5-9H2,1-4H3. The lowest BCUT2D eigenvalue weighted by Crippen LogP contribution is -2.26. The topological polar surface area (TPSA) is 62.5 Å². The summed E-state index contributed by atoms with van der Waals surface area (Å²) in [6.07, 6.45) is 2.10. The molecule has 0 saturated heterocycles. The molecular weight excluding hydrogens is 244 g/mol. The monoisotopic (exact) mass is 270 g/mol. The molecular formula is C13H26N4O2. The summed E-state index contributed by atoms with van der Waals surface area (Å²) in [7, 11) is 5.63. The molecule has 0 spiro atoms. The third kappa shape index (κ3) is 4.81. The number of hydrogen-bond donors (Lipinski definition) is 2. The first-order chi connectivity index (χ1) is 9.10. The van der Waals surface area contributed by atoms with Gasteiger partial charge < -0.3 is 20.1 Å². The van der Waals surface area contributed by atoms with E-state index in [4.69, 9.17) is 4.74 Å². The lowest BCUT2D eigenvalue weighted by molar-refractivity contribution is 0.158. The number of methoxy groups -OCH3 is 1. The maximum Gasteiger partial charge on any atom is 0.162 e. The summed E-state index contributed by atoms with van der Waals surface area (Å²) in [4.78, 5) is 2.08. The molecule has 0 saturated carbocycles. The van der Waals surface area contributed by atoms with Gasteiger partial charge in [-0.05, 0) is 27.1 Å². The number of nitrogens with one attached hydrogen (secondary N) is 1. The number of aliphatic hydroxyl groups is 1. The van der Waals surface area contributed by atoms with Gasteiger partial charge >= 0.3 is 0 Å². The van der Waals surface area contributed by atoms with Crippen LogP contribution in [0, 0.1) is 0 Å². The molecule has 6 heteroatoms. The second-order valence-corrected chi connectivity index (χ2v) is 4.84. The zero-order valence-corrected chi connectivity index (χ0v) is 12.4. The first kappa shape index (κ1) is 15.9. The van der Waals surface area contributed by atoms with Crippen molar-refractivity contribution >= 4 is 0 Å². The Morgan fingerprint density at radius 1 is 1.53 bits per heavy atom. The van der Waals surface area contributed by atoms with E-state index in [-0.39, 0.29) is 0 Å². The number of rotatable bonds is 9. The van der Waals surface area contributed by atoms with Crippen LogP contribution in [0.1, 0.15) is 25.1 Å². The van der Waals surface area contributed by atoms with E-state index >= 15 is 0 Å². The Hall–Kier alpha value is -1.11. The quantitative estimate of drug-likeness (QED) is 0.639. The maximum atomic E-state index is 10.3. The van der Waals surface area contributed by atoms with E-state index in [1.165, 1.54) is 0 Å². The third-order valence-corrected chi connectivity index (χ3v) is 2.90. The van der Waals surface area contributed by atoms with Crippen LogP contribution in [0.15, 0.2) is 6.20 Å². The average molecular weight is 270 g/mol. The minimum Gasteiger partial charge on any atom is -0.493 e. The molecule has 110 valence electrons. The number of nitrogens with zero attached hydrogens (tertiary/aromatic N) is 3. The number of hydrogen-bond acceptors (Lipinski definition) is 5. The average Bonchev–Trinajstić information content (AvgIpc) is 2.79. The van der Waals surface area contributed by atoms with E-state index in [0.717, 1.165) is 31.7 Å². The minimum atomic E-state index is -0.605. The normalized spacial score (nSPS) is 12.9. The van der Waals surface area contributed by atoms with Crippen molar-refractivity contribution in [2.75, 3.05) is 40.8 Å². The first-order valence-electron chi connectivity index (χ1n) is 6.73. The molecule has 1 heterocycles. The Balaban J connectivity index is 2.73. The molecule has 1 aromatic rings. The van der Waals surface area contributed by atoms with Crippen LogP contribution in [-0.2, 0) is 6.54 Å². The highest BCUT2D eigenvalue weighted by Gasteiger charge is 2.19. The fourth-order valence-corrected chi connectivity index (χ4v) is 1.86. The Morgan fingerprint density at radius 3 is 2.84 bits per heavy atom. The van der Waals surface area contributed by atoms with Gasteiger partial charge in [-0.2, -0.15) is 5.10 Å². The highest BCUT2D eigenvalue weighted by Crippen LogP contribution is 2.24. The van der Waals surface area contributed by atoms with Crippen molar-refractivity contribution in [2.24, 2.45) is 0 Å². The third-order valence-electron chi connectivity index (χ3n) is 2.90. The number of likely N-dealkylation sites (N-methyl/N-ethyl adjacent to an activating group) is 1. The Morgan fingerprint density at radius 2 is 2.26 bits per heavy atom. The van der Waals surface area contributed by atoms with E-state index in [9.17, 15) is 5.11 Å². The highest BCUT2D eigenvalue weighted by atomic mass is 16.5. The first-order valence-corrected chi connectivity index (χ1v) is 6.73. The molecule has 0 aliphatic rings. The fraction of sp³-hybridized carbons (Fsp3) is 0.769. The molecule has 0 bridgehead atoms. The van der Waals surface area contributed by atoms with Gasteiger partial charge in [-0.25, -0.2) is 0 Å². The van der Waals surface area contributed by atoms with Crippen molar-refractivity contribution in [1.82, 2.24) is 20.0 Å². The van der Waals surface area contributed by atoms with E-state index in [2.05, 4.69) is 22.2 Å². The van der Waals surface area contributed by atoms with Crippen LogP contribution in [0.25, 0.3) is 0 Å². The van der Waals surface area contributed by atoms with Crippen LogP contribution in [0.3, 0.4) is 0 Å². The summed E-state index contributed by atoms with van der Waals surface area (Å²) >= 11 is 0. The Kier molecular flexibility index (Phi) is 6.83. The zero-order valence-electron chi connectivity index (χ0n) is 12.4. The molecule has 6 nitrogen and oxygen atoms in total. The van der Waals surface area contributed by atoms with Crippen molar-refractivity contribution in [1.29, 1.82) is 0 Å². The molecule has 0 amide bonds. The Bertz CT molecular complexity index is 366. The van der Waals surface area contributed by atoms with Gasteiger partial charge in [-0.3, -0.25) is 4.68 Å². The molecule has 1 atom stereocenters. The molecule has 0 aliphatic carbocycles. The summed E-state index contributed by atoms with van der Waals surface area (Å²) in [6.45, 7) is 5.11. The van der Waals surface area contributed by atoms with Crippen LogP contribution in [-0.4, -0.2) is 60.6 Å². The summed E-state index contributed by atoms with van der Waals surface area (Å²) in [5, 5.41) is 17.8. The lowest BCUT2D eigenvalue weighted by atomic mass is 10.2. The van der Waals surface area contributed by atoms with Gasteiger partial charge in [-0.1, -0.05) is 6.92 Å². The predicted molar refractivity (Wildman–Crippen MR) is 75.5 cm³/mol. The maximum absolute atomic E-state index is 10.3. The fourth-order valence-electron chi connectivity index (χ4n) is 1.86. The van der Waals surface area contributed by atoms with Gasteiger partial charge in [0, 0.05) is 13.1 Å². The van der Waals surface area contributed by atoms with Gasteiger partial charge in [0.1, 0.15) is 11.8 Å². The lowest BCUT2D eigenvalue weighted by Gasteiger charge is -2.17. The minimum absolute atomic E-state index is 0.512. The summed E-state index contributed by atoms with van der Waals surface area (Å²) in [5.74, 6) is 0.643. The molecule has 0 aromatic carbocycles. The summed E-state index contributed by atoms with van der Waals surface area (Å²) in [6, 6.07) is 0. The van der Waals surface area contributed by atoms with E-state index in [1.807, 2.05) is 18.8 Å². The van der Waals surface area contributed by atoms with Crippen LogP contribution >= 0.6 is 0 Å². The van der Waals surface area contributed by atoms with Crippen molar-refractivity contribution in [3.05, 3.63) is 11.9 Å².